The third kappa shape index (κ3) is 5.73. The van der Waals surface area contributed by atoms with E-state index in [0.29, 0.717) is 13.0 Å². The molecule has 1 aromatic rings. The Morgan fingerprint density at radius 1 is 1.10 bits per heavy atom. The Bertz CT molecular complexity index is 375. The van der Waals surface area contributed by atoms with Gasteiger partial charge in [0.25, 0.3) is 0 Å². The van der Waals surface area contributed by atoms with Crippen LogP contribution >= 0.6 is 0 Å². The molecule has 0 bridgehead atoms. The van der Waals surface area contributed by atoms with Crippen LogP contribution in [0.5, 0.6) is 0 Å². The summed E-state index contributed by atoms with van der Waals surface area (Å²) < 4.78 is 5.31. The van der Waals surface area contributed by atoms with Gasteiger partial charge in [-0.2, -0.15) is 0 Å². The van der Waals surface area contributed by atoms with Crippen molar-refractivity contribution >= 4 is 0 Å². The summed E-state index contributed by atoms with van der Waals surface area (Å²) in [6.07, 6.45) is 1.22. The van der Waals surface area contributed by atoms with E-state index < -0.39 is 24.4 Å². The van der Waals surface area contributed by atoms with E-state index in [-0.39, 0.29) is 0 Å². The summed E-state index contributed by atoms with van der Waals surface area (Å²) in [6.45, 7) is 0.663. The van der Waals surface area contributed by atoms with Gasteiger partial charge in [-0.1, -0.05) is 43.2 Å². The molecule has 0 saturated carbocycles. The minimum Gasteiger partial charge on any atom is -0.390 e. The molecule has 0 fully saturated rings. The van der Waals surface area contributed by atoms with Gasteiger partial charge in [-0.3, -0.25) is 0 Å². The van der Waals surface area contributed by atoms with Crippen LogP contribution < -0.4 is 11.5 Å². The van der Waals surface area contributed by atoms with E-state index in [4.69, 9.17) is 16.2 Å². The highest BCUT2D eigenvalue weighted by Gasteiger charge is 2.31. The quantitative estimate of drug-likeness (QED) is 0.481. The van der Waals surface area contributed by atoms with Crippen LogP contribution in [0.3, 0.4) is 0 Å². The zero-order valence-corrected chi connectivity index (χ0v) is 12.7. The first-order chi connectivity index (χ1) is 10.1. The Hall–Kier alpha value is -0.980. The van der Waals surface area contributed by atoms with E-state index in [9.17, 15) is 10.2 Å². The summed E-state index contributed by atoms with van der Waals surface area (Å²) in [4.78, 5) is 0. The molecule has 0 aromatic heterocycles. The SMILES string of the molecule is COC(C(O)CCCCCN)[C@@H](N)[C@@H](O)c1ccccc1. The zero-order chi connectivity index (χ0) is 15.7. The average Bonchev–Trinajstić information content (AvgIpc) is 2.52. The monoisotopic (exact) mass is 296 g/mol. The highest BCUT2D eigenvalue weighted by molar-refractivity contribution is 5.19. The van der Waals surface area contributed by atoms with Crippen LogP contribution in [0.25, 0.3) is 0 Å². The molecule has 5 nitrogen and oxygen atoms in total. The number of benzene rings is 1. The maximum atomic E-state index is 10.3. The largest absolute Gasteiger partial charge is 0.390 e. The van der Waals surface area contributed by atoms with Crippen LogP contribution in [-0.2, 0) is 4.74 Å². The van der Waals surface area contributed by atoms with E-state index in [1.54, 1.807) is 0 Å². The molecule has 0 saturated heterocycles. The van der Waals surface area contributed by atoms with Gasteiger partial charge in [0.15, 0.2) is 0 Å². The van der Waals surface area contributed by atoms with Gasteiger partial charge in [0.1, 0.15) is 6.10 Å². The minimum absolute atomic E-state index is 0.591. The third-order valence-electron chi connectivity index (χ3n) is 3.74. The molecule has 0 aliphatic carbocycles. The van der Waals surface area contributed by atoms with Crippen molar-refractivity contribution < 1.29 is 14.9 Å². The van der Waals surface area contributed by atoms with E-state index in [2.05, 4.69) is 0 Å². The number of nitrogens with two attached hydrogens (primary N) is 2. The summed E-state index contributed by atoms with van der Waals surface area (Å²) in [5.74, 6) is 0. The summed E-state index contributed by atoms with van der Waals surface area (Å²) >= 11 is 0. The molecule has 4 atom stereocenters. The van der Waals surface area contributed by atoms with Gasteiger partial charge in [-0.15, -0.1) is 0 Å². The smallest absolute Gasteiger partial charge is 0.101 e. The van der Waals surface area contributed by atoms with Gasteiger partial charge in [0.2, 0.25) is 0 Å². The lowest BCUT2D eigenvalue weighted by molar-refractivity contribution is -0.0558. The third-order valence-corrected chi connectivity index (χ3v) is 3.74. The Morgan fingerprint density at radius 3 is 2.33 bits per heavy atom. The fraction of sp³-hybridized carbons (Fsp3) is 0.625. The Morgan fingerprint density at radius 2 is 1.76 bits per heavy atom. The molecule has 5 heteroatoms. The number of methoxy groups -OCH3 is 1. The molecule has 0 aliphatic rings. The Labute approximate surface area is 126 Å². The maximum absolute atomic E-state index is 10.3. The van der Waals surface area contributed by atoms with Gasteiger partial charge in [-0.25, -0.2) is 0 Å². The summed E-state index contributed by atoms with van der Waals surface area (Å²) in [7, 11) is 1.51. The molecule has 120 valence electrons. The van der Waals surface area contributed by atoms with Gasteiger partial charge in [0.05, 0.1) is 18.2 Å². The van der Waals surface area contributed by atoms with Crippen molar-refractivity contribution in [2.24, 2.45) is 11.5 Å². The molecule has 0 spiro atoms. The lowest BCUT2D eigenvalue weighted by Gasteiger charge is -2.30. The fourth-order valence-corrected chi connectivity index (χ4v) is 2.46. The van der Waals surface area contributed by atoms with Crippen molar-refractivity contribution in [3.8, 4) is 0 Å². The zero-order valence-electron chi connectivity index (χ0n) is 12.7. The Balaban J connectivity index is 2.57. The second kappa shape index (κ2) is 9.87. The number of unbranched alkanes of at least 4 members (excludes halogenated alkanes) is 2. The van der Waals surface area contributed by atoms with Crippen molar-refractivity contribution in [1.29, 1.82) is 0 Å². The Kier molecular flexibility index (Phi) is 8.49. The van der Waals surface area contributed by atoms with Crippen molar-refractivity contribution in [3.63, 3.8) is 0 Å². The molecule has 0 aliphatic heterocycles. The van der Waals surface area contributed by atoms with E-state index in [0.717, 1.165) is 24.8 Å². The number of hydrogen-bond acceptors (Lipinski definition) is 5. The van der Waals surface area contributed by atoms with Crippen LogP contribution in [0.15, 0.2) is 30.3 Å². The first-order valence-corrected chi connectivity index (χ1v) is 7.51. The second-order valence-corrected chi connectivity index (χ2v) is 5.34. The van der Waals surface area contributed by atoms with Crippen LogP contribution in [-0.4, -0.2) is 42.1 Å². The van der Waals surface area contributed by atoms with Crippen molar-refractivity contribution in [1.82, 2.24) is 0 Å². The first-order valence-electron chi connectivity index (χ1n) is 7.51. The minimum atomic E-state index is -0.866. The lowest BCUT2D eigenvalue weighted by atomic mass is 9.93. The predicted octanol–water partition coefficient (Wildman–Crippen LogP) is 0.942. The highest BCUT2D eigenvalue weighted by atomic mass is 16.5. The molecular formula is C16H28N2O3. The van der Waals surface area contributed by atoms with E-state index >= 15 is 0 Å². The second-order valence-electron chi connectivity index (χ2n) is 5.34. The molecular weight excluding hydrogens is 268 g/mol. The molecule has 2 unspecified atom stereocenters. The van der Waals surface area contributed by atoms with Crippen LogP contribution in [0.4, 0.5) is 0 Å². The summed E-state index contributed by atoms with van der Waals surface area (Å²) in [5, 5.41) is 20.5. The van der Waals surface area contributed by atoms with Gasteiger partial charge in [0, 0.05) is 7.11 Å². The average molecular weight is 296 g/mol. The number of hydrogen-bond donors (Lipinski definition) is 4. The lowest BCUT2D eigenvalue weighted by Crippen LogP contribution is -2.48. The molecule has 1 rings (SSSR count). The first kappa shape index (κ1) is 18.1. The summed E-state index contributed by atoms with van der Waals surface area (Å²) in [6, 6.07) is 8.51. The predicted molar refractivity (Wildman–Crippen MR) is 83.7 cm³/mol. The van der Waals surface area contributed by atoms with Gasteiger partial charge >= 0.3 is 0 Å². The number of ether oxygens (including phenoxy) is 1. The number of aliphatic hydroxyl groups excluding tert-OH is 2. The maximum Gasteiger partial charge on any atom is 0.101 e. The molecule has 6 N–H and O–H groups in total. The molecule has 21 heavy (non-hydrogen) atoms. The van der Waals surface area contributed by atoms with Gasteiger partial charge < -0.3 is 26.4 Å². The van der Waals surface area contributed by atoms with Crippen LogP contribution in [0, 0.1) is 0 Å². The van der Waals surface area contributed by atoms with Crippen molar-refractivity contribution in [2.45, 2.75) is 50.0 Å². The molecule has 0 radical (unpaired) electrons. The van der Waals surface area contributed by atoms with Crippen molar-refractivity contribution in [3.05, 3.63) is 35.9 Å². The van der Waals surface area contributed by atoms with Crippen molar-refractivity contribution in [2.75, 3.05) is 13.7 Å². The highest BCUT2D eigenvalue weighted by Crippen LogP contribution is 2.21. The molecule has 0 amide bonds. The van der Waals surface area contributed by atoms with Crippen LogP contribution in [0.1, 0.15) is 37.4 Å². The number of aliphatic hydroxyl groups is 2. The summed E-state index contributed by atoms with van der Waals surface area (Å²) in [5.41, 5.74) is 12.2. The van der Waals surface area contributed by atoms with Crippen LogP contribution in [0.2, 0.25) is 0 Å². The van der Waals surface area contributed by atoms with E-state index in [1.165, 1.54) is 7.11 Å². The normalized spacial score (nSPS) is 17.2. The fourth-order valence-electron chi connectivity index (χ4n) is 2.46. The topological polar surface area (TPSA) is 102 Å². The number of rotatable bonds is 10. The van der Waals surface area contributed by atoms with Gasteiger partial charge in [-0.05, 0) is 24.9 Å². The molecule has 1 aromatic carbocycles. The molecule has 0 heterocycles. The van der Waals surface area contributed by atoms with E-state index in [1.807, 2.05) is 30.3 Å². The standard InChI is InChI=1S/C16H28N2O3/c1-21-16(13(19)10-6-3-7-11-17)14(18)15(20)12-8-4-2-5-9-12/h2,4-5,8-9,13-16,19-20H,3,6-7,10-11,17-18H2,1H3/t13?,14-,15-,16?/m0/s1.